The van der Waals surface area contributed by atoms with Crippen molar-refractivity contribution in [3.05, 3.63) is 17.0 Å². The summed E-state index contributed by atoms with van der Waals surface area (Å²) in [4.78, 5) is 10.9. The largest absolute Gasteiger partial charge is 0.433 e. The average molecular weight is 232 g/mol. The molecule has 0 aromatic carbocycles. The maximum absolute atomic E-state index is 12.8. The second-order valence-corrected chi connectivity index (χ2v) is 3.98. The minimum Gasteiger partial charge on any atom is -0.298 e. The van der Waals surface area contributed by atoms with E-state index in [-0.39, 0.29) is 17.9 Å². The third kappa shape index (κ3) is 1.83. The van der Waals surface area contributed by atoms with Crippen LogP contribution in [0.2, 0.25) is 0 Å². The third-order valence-corrected chi connectivity index (χ3v) is 2.62. The Morgan fingerprint density at radius 2 is 2.12 bits per heavy atom. The van der Waals surface area contributed by atoms with E-state index < -0.39 is 11.9 Å². The first-order valence-corrected chi connectivity index (χ1v) is 5.05. The van der Waals surface area contributed by atoms with Crippen molar-refractivity contribution in [2.24, 2.45) is 0 Å². The van der Waals surface area contributed by atoms with E-state index in [4.69, 9.17) is 0 Å². The molecule has 0 N–H and O–H groups in total. The van der Waals surface area contributed by atoms with E-state index >= 15 is 0 Å². The third-order valence-electron chi connectivity index (χ3n) is 2.62. The number of carbonyl (C=O) groups is 1. The van der Waals surface area contributed by atoms with E-state index in [1.807, 2.05) is 0 Å². The molecule has 1 aromatic heterocycles. The number of aromatic nitrogens is 2. The quantitative estimate of drug-likeness (QED) is 0.781. The Bertz CT molecular complexity index is 434. The summed E-state index contributed by atoms with van der Waals surface area (Å²) in [5.41, 5.74) is 0.0255. The molecule has 3 nitrogen and oxygen atoms in total. The zero-order chi connectivity index (χ0) is 11.9. The Morgan fingerprint density at radius 3 is 2.69 bits per heavy atom. The van der Waals surface area contributed by atoms with Gasteiger partial charge < -0.3 is 0 Å². The summed E-state index contributed by atoms with van der Waals surface area (Å²) in [6.45, 7) is 0.953. The fourth-order valence-corrected chi connectivity index (χ4v) is 2.09. The Morgan fingerprint density at radius 1 is 1.44 bits per heavy atom. The van der Waals surface area contributed by atoms with Crippen molar-refractivity contribution in [2.45, 2.75) is 38.9 Å². The molecule has 0 amide bonds. The molecule has 1 heterocycles. The lowest BCUT2D eigenvalue weighted by atomic mass is 10.2. The van der Waals surface area contributed by atoms with Crippen LogP contribution in [0.4, 0.5) is 13.2 Å². The van der Waals surface area contributed by atoms with Crippen LogP contribution in [0.1, 0.15) is 30.3 Å². The van der Waals surface area contributed by atoms with Gasteiger partial charge in [0.05, 0.1) is 12.2 Å². The summed E-state index contributed by atoms with van der Waals surface area (Å²) < 4.78 is 39.2. The van der Waals surface area contributed by atoms with E-state index in [1.54, 1.807) is 0 Å². The predicted molar refractivity (Wildman–Crippen MR) is 49.9 cm³/mol. The van der Waals surface area contributed by atoms with Crippen molar-refractivity contribution < 1.29 is 18.0 Å². The van der Waals surface area contributed by atoms with E-state index in [1.165, 1.54) is 6.92 Å². The van der Waals surface area contributed by atoms with Crippen LogP contribution < -0.4 is 0 Å². The molecule has 0 atom stereocenters. The van der Waals surface area contributed by atoms with E-state index in [2.05, 4.69) is 5.10 Å². The van der Waals surface area contributed by atoms with Gasteiger partial charge in [-0.1, -0.05) is 0 Å². The zero-order valence-corrected chi connectivity index (χ0v) is 8.76. The second-order valence-electron chi connectivity index (χ2n) is 3.98. The Hall–Kier alpha value is -1.33. The van der Waals surface area contributed by atoms with Gasteiger partial charge in [-0.2, -0.15) is 18.3 Å². The normalized spacial score (nSPS) is 15.2. The van der Waals surface area contributed by atoms with Crippen molar-refractivity contribution in [1.29, 1.82) is 0 Å². The molecule has 0 aliphatic heterocycles. The first kappa shape index (κ1) is 11.2. The van der Waals surface area contributed by atoms with Gasteiger partial charge in [-0.3, -0.25) is 9.48 Å². The van der Waals surface area contributed by atoms with Gasteiger partial charge in [-0.25, -0.2) is 0 Å². The fourth-order valence-electron chi connectivity index (χ4n) is 2.09. The Kier molecular flexibility index (Phi) is 2.52. The van der Waals surface area contributed by atoms with Crippen LogP contribution in [0.25, 0.3) is 0 Å². The monoisotopic (exact) mass is 232 g/mol. The standard InChI is InChI=1S/C10H11F3N2O/c1-6(16)5-15-9(10(11,12)13)7-3-2-4-8(7)14-15/h2-5H2,1H3. The van der Waals surface area contributed by atoms with Crippen molar-refractivity contribution in [1.82, 2.24) is 9.78 Å². The molecule has 0 bridgehead atoms. The highest BCUT2D eigenvalue weighted by Gasteiger charge is 2.40. The minimum atomic E-state index is -4.43. The van der Waals surface area contributed by atoms with Crippen LogP contribution in [0.3, 0.4) is 0 Å². The zero-order valence-electron chi connectivity index (χ0n) is 8.76. The van der Waals surface area contributed by atoms with Gasteiger partial charge in [-0.15, -0.1) is 0 Å². The highest BCUT2D eigenvalue weighted by atomic mass is 19.4. The molecular formula is C10H11F3N2O. The van der Waals surface area contributed by atoms with Crippen LogP contribution in [-0.2, 0) is 30.4 Å². The lowest BCUT2D eigenvalue weighted by molar-refractivity contribution is -0.145. The molecule has 0 unspecified atom stereocenters. The van der Waals surface area contributed by atoms with Crippen molar-refractivity contribution in [2.75, 3.05) is 0 Å². The van der Waals surface area contributed by atoms with Gasteiger partial charge in [-0.05, 0) is 26.2 Å². The van der Waals surface area contributed by atoms with Gasteiger partial charge >= 0.3 is 6.18 Å². The number of carbonyl (C=O) groups excluding carboxylic acids is 1. The van der Waals surface area contributed by atoms with Gasteiger partial charge in [0.2, 0.25) is 0 Å². The van der Waals surface area contributed by atoms with E-state index in [0.29, 0.717) is 25.0 Å². The molecule has 88 valence electrons. The molecule has 1 aromatic rings. The maximum atomic E-state index is 12.8. The van der Waals surface area contributed by atoms with E-state index in [0.717, 1.165) is 4.68 Å². The Labute approximate surface area is 90.2 Å². The van der Waals surface area contributed by atoms with E-state index in [9.17, 15) is 18.0 Å². The van der Waals surface area contributed by atoms with Crippen molar-refractivity contribution in [3.63, 3.8) is 0 Å². The summed E-state index contributed by atoms with van der Waals surface area (Å²) in [7, 11) is 0. The predicted octanol–water partition coefficient (Wildman–Crippen LogP) is 1.98. The van der Waals surface area contributed by atoms with Crippen LogP contribution >= 0.6 is 0 Å². The molecule has 16 heavy (non-hydrogen) atoms. The minimum absolute atomic E-state index is 0.272. The molecule has 1 aliphatic rings. The van der Waals surface area contributed by atoms with Crippen LogP contribution in [0, 0.1) is 0 Å². The molecule has 0 radical (unpaired) electrons. The summed E-state index contributed by atoms with van der Waals surface area (Å²) >= 11 is 0. The molecule has 0 saturated carbocycles. The second kappa shape index (κ2) is 3.61. The van der Waals surface area contributed by atoms with Gasteiger partial charge in [0.25, 0.3) is 0 Å². The summed E-state index contributed by atoms with van der Waals surface area (Å²) in [5.74, 6) is -0.327. The van der Waals surface area contributed by atoms with Gasteiger partial charge in [0, 0.05) is 5.56 Å². The first-order chi connectivity index (χ1) is 7.39. The highest BCUT2D eigenvalue weighted by Crippen LogP contribution is 2.36. The molecule has 0 spiro atoms. The number of hydrogen-bond donors (Lipinski definition) is 0. The summed E-state index contributed by atoms with van der Waals surface area (Å²) in [6.07, 6.45) is -2.74. The number of rotatable bonds is 2. The van der Waals surface area contributed by atoms with Crippen molar-refractivity contribution in [3.8, 4) is 0 Å². The lowest BCUT2D eigenvalue weighted by Crippen LogP contribution is -2.19. The average Bonchev–Trinajstić information content (AvgIpc) is 2.58. The number of alkyl halides is 3. The number of ketones is 1. The molecule has 6 heteroatoms. The number of Topliss-reactive ketones (excluding diaryl/α,β-unsaturated/α-hetero) is 1. The van der Waals surface area contributed by atoms with Crippen LogP contribution in [0.5, 0.6) is 0 Å². The SMILES string of the molecule is CC(=O)Cn1nc2c(c1C(F)(F)F)CCC2. The molecular weight excluding hydrogens is 221 g/mol. The maximum Gasteiger partial charge on any atom is 0.433 e. The molecule has 0 fully saturated rings. The summed E-state index contributed by atoms with van der Waals surface area (Å²) in [5, 5.41) is 3.87. The number of halogens is 3. The topological polar surface area (TPSA) is 34.9 Å². The van der Waals surface area contributed by atoms with Gasteiger partial charge in [0.15, 0.2) is 5.78 Å². The first-order valence-electron chi connectivity index (χ1n) is 5.05. The lowest BCUT2D eigenvalue weighted by Gasteiger charge is -2.10. The number of aryl methyl sites for hydroxylation is 1. The highest BCUT2D eigenvalue weighted by molar-refractivity contribution is 5.75. The summed E-state index contributed by atoms with van der Waals surface area (Å²) in [6, 6.07) is 0. The molecule has 0 saturated heterocycles. The van der Waals surface area contributed by atoms with Crippen molar-refractivity contribution >= 4 is 5.78 Å². The smallest absolute Gasteiger partial charge is 0.298 e. The van der Waals surface area contributed by atoms with Gasteiger partial charge in [0.1, 0.15) is 5.69 Å². The fraction of sp³-hybridized carbons (Fsp3) is 0.600. The number of fused-ring (bicyclic) bond motifs is 1. The number of hydrogen-bond acceptors (Lipinski definition) is 2. The molecule has 2 rings (SSSR count). The molecule has 1 aliphatic carbocycles. The Balaban J connectivity index is 2.49. The number of nitrogens with zero attached hydrogens (tertiary/aromatic N) is 2. The van der Waals surface area contributed by atoms with Crippen LogP contribution in [-0.4, -0.2) is 15.6 Å². The van der Waals surface area contributed by atoms with Crippen LogP contribution in [0.15, 0.2) is 0 Å².